The molecule has 0 unspecified atom stereocenters. The molecule has 0 fully saturated rings. The Labute approximate surface area is 294 Å². The van der Waals surface area contributed by atoms with Gasteiger partial charge in [-0.05, 0) is 60.7 Å². The van der Waals surface area contributed by atoms with Crippen molar-refractivity contribution in [3.05, 3.63) is 162 Å². The van der Waals surface area contributed by atoms with E-state index >= 15 is 0 Å². The number of imide groups is 2. The first-order chi connectivity index (χ1) is 24.3. The Hall–Kier alpha value is -6.06. The molecule has 0 aliphatic carbocycles. The number of methoxy groups -OCH3 is 3. The summed E-state index contributed by atoms with van der Waals surface area (Å²) < 4.78 is 14.1. The fourth-order valence-electron chi connectivity index (χ4n) is 4.42. The fraction of sp³-hybridized carbons (Fsp3) is 0.171. The maximum atomic E-state index is 12.1. The number of hydrogen-bond donors (Lipinski definition) is 0. The lowest BCUT2D eigenvalue weighted by atomic mass is 10.1. The second-order valence-electron chi connectivity index (χ2n) is 9.98. The van der Waals surface area contributed by atoms with Gasteiger partial charge in [0.15, 0.2) is 0 Å². The largest absolute Gasteiger partial charge is 0.497 e. The maximum absolute atomic E-state index is 12.1. The zero-order chi connectivity index (χ0) is 36.9. The Bertz CT molecular complexity index is 1670. The summed E-state index contributed by atoms with van der Waals surface area (Å²) in [6.07, 6.45) is 0. The van der Waals surface area contributed by atoms with Crippen LogP contribution in [0.5, 0.6) is 11.5 Å². The molecule has 0 spiro atoms. The predicted molar refractivity (Wildman–Crippen MR) is 197 cm³/mol. The Balaban J connectivity index is 0.000000232. The number of anilines is 1. The summed E-state index contributed by atoms with van der Waals surface area (Å²) in [4.78, 5) is 49.2. The molecule has 9 heteroatoms. The minimum absolute atomic E-state index is 0.212. The Kier molecular flexibility index (Phi) is 17.4. The quantitative estimate of drug-likeness (QED) is 0.178. The topological polar surface area (TPSA) is 102 Å². The van der Waals surface area contributed by atoms with Crippen LogP contribution in [0.25, 0.3) is 0 Å². The van der Waals surface area contributed by atoms with Crippen LogP contribution in [0.2, 0.25) is 0 Å². The first-order valence-corrected chi connectivity index (χ1v) is 15.8. The SMILES string of the molecule is CC.CN1C(=O)c2ccccc2C1=O.COC.COc1ccccc1.COc1ccccc1.O=C1c2ccccc2C(=O)N1c1ccccc1. The average Bonchev–Trinajstić information content (AvgIpc) is 3.57. The summed E-state index contributed by atoms with van der Waals surface area (Å²) in [7, 11) is 8.06. The summed E-state index contributed by atoms with van der Waals surface area (Å²) in [5.41, 5.74) is 2.57. The molecule has 2 heterocycles. The molecule has 50 heavy (non-hydrogen) atoms. The average molecular weight is 677 g/mol. The van der Waals surface area contributed by atoms with E-state index in [0.717, 1.165) is 16.4 Å². The van der Waals surface area contributed by atoms with Crippen molar-refractivity contribution in [2.24, 2.45) is 0 Å². The van der Waals surface area contributed by atoms with Crippen molar-refractivity contribution in [3.63, 3.8) is 0 Å². The number of fused-ring (bicyclic) bond motifs is 2. The van der Waals surface area contributed by atoms with E-state index in [2.05, 4.69) is 4.74 Å². The van der Waals surface area contributed by atoms with Crippen LogP contribution in [0.1, 0.15) is 55.3 Å². The van der Waals surface area contributed by atoms with Gasteiger partial charge in [0.05, 0.1) is 42.2 Å². The third kappa shape index (κ3) is 11.0. The summed E-state index contributed by atoms with van der Waals surface area (Å²) in [5, 5.41) is 0. The second-order valence-corrected chi connectivity index (χ2v) is 9.98. The van der Waals surface area contributed by atoms with Crippen LogP contribution in [0.4, 0.5) is 5.69 Å². The molecule has 0 aromatic heterocycles. The number of benzene rings is 5. The van der Waals surface area contributed by atoms with Gasteiger partial charge in [0, 0.05) is 21.3 Å². The van der Waals surface area contributed by atoms with E-state index in [9.17, 15) is 19.2 Å². The molecule has 0 saturated heterocycles. The fourth-order valence-corrected chi connectivity index (χ4v) is 4.42. The van der Waals surface area contributed by atoms with Gasteiger partial charge in [-0.2, -0.15) is 0 Å². The van der Waals surface area contributed by atoms with Gasteiger partial charge >= 0.3 is 0 Å². The van der Waals surface area contributed by atoms with Gasteiger partial charge in [0.1, 0.15) is 11.5 Å². The van der Waals surface area contributed by atoms with Crippen molar-refractivity contribution in [1.29, 1.82) is 0 Å². The normalized spacial score (nSPS) is 11.7. The van der Waals surface area contributed by atoms with Crippen molar-refractivity contribution in [2.75, 3.05) is 40.4 Å². The Morgan fingerprint density at radius 3 is 0.940 bits per heavy atom. The van der Waals surface area contributed by atoms with Crippen molar-refractivity contribution in [3.8, 4) is 11.5 Å². The molecule has 0 saturated carbocycles. The third-order valence-electron chi connectivity index (χ3n) is 6.76. The predicted octanol–water partition coefficient (Wildman–Crippen LogP) is 8.08. The lowest BCUT2D eigenvalue weighted by molar-refractivity contribution is 0.0692. The molecule has 2 aliphatic rings. The van der Waals surface area contributed by atoms with Gasteiger partial charge in [-0.3, -0.25) is 24.1 Å². The summed E-state index contributed by atoms with van der Waals surface area (Å²) in [5.74, 6) is 0.889. The van der Waals surface area contributed by atoms with Crippen LogP contribution in [0.3, 0.4) is 0 Å². The standard InChI is InChI=1S/C14H9NO2.C9H7NO2.2C7H8O.C2H6O.C2H6/c16-13-11-8-4-5-9-12(11)14(17)15(13)10-6-2-1-3-7-10;1-10-8(11)6-4-2-3-5-7(6)9(10)12;2*1-8-7-5-3-2-4-6-7;1-3-2;1-2/h1-9H;2-5H,1H3;2*2-6H,1H3;1-2H3;1-2H3. The first kappa shape index (κ1) is 40.1. The molecule has 9 nitrogen and oxygen atoms in total. The van der Waals surface area contributed by atoms with Crippen molar-refractivity contribution in [1.82, 2.24) is 4.90 Å². The molecule has 5 aromatic carbocycles. The molecular formula is C41H44N2O7. The van der Waals surface area contributed by atoms with Gasteiger partial charge < -0.3 is 14.2 Å². The Morgan fingerprint density at radius 2 is 0.660 bits per heavy atom. The van der Waals surface area contributed by atoms with Gasteiger partial charge in [-0.25, -0.2) is 4.90 Å². The van der Waals surface area contributed by atoms with Crippen LogP contribution in [0.15, 0.2) is 140 Å². The van der Waals surface area contributed by atoms with Gasteiger partial charge in [0.2, 0.25) is 0 Å². The Morgan fingerprint density at radius 1 is 0.400 bits per heavy atom. The zero-order valence-corrected chi connectivity index (χ0v) is 29.5. The first-order valence-electron chi connectivity index (χ1n) is 15.8. The molecule has 5 aromatic rings. The van der Waals surface area contributed by atoms with Crippen molar-refractivity contribution >= 4 is 29.3 Å². The number of carbonyl (C=O) groups excluding carboxylic acids is 4. The smallest absolute Gasteiger partial charge is 0.266 e. The van der Waals surface area contributed by atoms with Crippen LogP contribution >= 0.6 is 0 Å². The number of rotatable bonds is 3. The molecule has 7 rings (SSSR count). The highest BCUT2D eigenvalue weighted by Gasteiger charge is 2.36. The molecule has 0 radical (unpaired) electrons. The third-order valence-corrected chi connectivity index (χ3v) is 6.76. The minimum atomic E-state index is -0.253. The zero-order valence-electron chi connectivity index (χ0n) is 29.5. The number of hydrogen-bond acceptors (Lipinski definition) is 7. The number of nitrogens with zero attached hydrogens (tertiary/aromatic N) is 2. The molecule has 0 bridgehead atoms. The minimum Gasteiger partial charge on any atom is -0.497 e. The highest BCUT2D eigenvalue weighted by Crippen LogP contribution is 2.27. The van der Waals surface area contributed by atoms with E-state index in [1.165, 1.54) is 11.9 Å². The summed E-state index contributed by atoms with van der Waals surface area (Å²) >= 11 is 0. The van der Waals surface area contributed by atoms with Crippen LogP contribution in [-0.2, 0) is 4.74 Å². The lowest BCUT2D eigenvalue weighted by Crippen LogP contribution is -2.29. The molecule has 4 amide bonds. The molecule has 2 aliphatic heterocycles. The van der Waals surface area contributed by atoms with Crippen molar-refractivity contribution in [2.45, 2.75) is 13.8 Å². The highest BCUT2D eigenvalue weighted by molar-refractivity contribution is 6.34. The number of amides is 4. The van der Waals surface area contributed by atoms with Gasteiger partial charge in [-0.15, -0.1) is 0 Å². The van der Waals surface area contributed by atoms with E-state index in [0.29, 0.717) is 27.9 Å². The van der Waals surface area contributed by atoms with E-state index in [4.69, 9.17) is 9.47 Å². The molecule has 260 valence electrons. The lowest BCUT2D eigenvalue weighted by Gasteiger charge is -2.13. The van der Waals surface area contributed by atoms with Crippen molar-refractivity contribution < 1.29 is 33.4 Å². The van der Waals surface area contributed by atoms with Gasteiger partial charge in [-0.1, -0.05) is 92.7 Å². The number of ether oxygens (including phenoxy) is 3. The van der Waals surface area contributed by atoms with Crippen LogP contribution in [-0.4, -0.2) is 64.0 Å². The molecule has 0 N–H and O–H groups in total. The van der Waals surface area contributed by atoms with E-state index in [1.807, 2.05) is 80.6 Å². The number of carbonyl (C=O) groups is 4. The summed E-state index contributed by atoms with van der Waals surface area (Å²) in [6, 6.07) is 42.0. The maximum Gasteiger partial charge on any atom is 0.266 e. The van der Waals surface area contributed by atoms with E-state index in [1.54, 1.807) is 101 Å². The summed E-state index contributed by atoms with van der Waals surface area (Å²) in [6.45, 7) is 4.00. The van der Waals surface area contributed by atoms with Crippen LogP contribution < -0.4 is 14.4 Å². The van der Waals surface area contributed by atoms with E-state index < -0.39 is 0 Å². The van der Waals surface area contributed by atoms with Crippen LogP contribution in [0, 0.1) is 0 Å². The number of para-hydroxylation sites is 3. The van der Waals surface area contributed by atoms with E-state index in [-0.39, 0.29) is 23.6 Å². The molecular weight excluding hydrogens is 632 g/mol. The second kappa shape index (κ2) is 21.7. The monoisotopic (exact) mass is 676 g/mol. The highest BCUT2D eigenvalue weighted by atomic mass is 16.5. The van der Waals surface area contributed by atoms with Gasteiger partial charge in [0.25, 0.3) is 23.6 Å². The molecule has 0 atom stereocenters.